The van der Waals surface area contributed by atoms with Crippen LogP contribution in [0, 0.1) is 12.7 Å². The Morgan fingerprint density at radius 3 is 2.41 bits per heavy atom. The number of halogens is 3. The van der Waals surface area contributed by atoms with Crippen molar-refractivity contribution in [2.45, 2.75) is 120 Å². The fourth-order valence-corrected chi connectivity index (χ4v) is 9.60. The van der Waals surface area contributed by atoms with E-state index in [1.54, 1.807) is 19.4 Å². The lowest BCUT2D eigenvalue weighted by Gasteiger charge is -2.56. The highest BCUT2D eigenvalue weighted by molar-refractivity contribution is 6.09. The van der Waals surface area contributed by atoms with Crippen molar-refractivity contribution in [3.05, 3.63) is 59.4 Å². The van der Waals surface area contributed by atoms with E-state index in [9.17, 15) is 18.4 Å². The molecule has 3 aliphatic heterocycles. The van der Waals surface area contributed by atoms with Gasteiger partial charge in [-0.15, -0.1) is 0 Å². The zero-order valence-electron chi connectivity index (χ0n) is 32.4. The Balaban J connectivity index is 1.09. The normalized spacial score (nSPS) is 24.2. The Bertz CT molecular complexity index is 2220. The number of pyridine rings is 2. The van der Waals surface area contributed by atoms with Crippen LogP contribution in [-0.2, 0) is 14.9 Å². The van der Waals surface area contributed by atoms with E-state index < -0.39 is 29.1 Å². The molecule has 0 unspecified atom stereocenters. The van der Waals surface area contributed by atoms with Gasteiger partial charge in [0.15, 0.2) is 5.82 Å². The predicted octanol–water partition coefficient (Wildman–Crippen LogP) is 7.59. The van der Waals surface area contributed by atoms with Crippen molar-refractivity contribution >= 4 is 40.0 Å². The summed E-state index contributed by atoms with van der Waals surface area (Å²) >= 11 is 0. The van der Waals surface area contributed by atoms with E-state index in [2.05, 4.69) is 22.5 Å². The molecule has 0 atom stereocenters. The van der Waals surface area contributed by atoms with Crippen LogP contribution in [0.1, 0.15) is 106 Å². The van der Waals surface area contributed by atoms with Gasteiger partial charge in [0.2, 0.25) is 5.91 Å². The maximum Gasteiger partial charge on any atom is 0.261 e. The molecule has 1 spiro atoms. The highest BCUT2D eigenvalue weighted by atomic mass is 19.3. The quantitative estimate of drug-likeness (QED) is 0.179. The number of carbonyl (C=O) groups is 2. The van der Waals surface area contributed by atoms with Crippen molar-refractivity contribution in [1.29, 1.82) is 0 Å². The second-order valence-corrected chi connectivity index (χ2v) is 17.2. The topological polar surface area (TPSA) is 118 Å². The van der Waals surface area contributed by atoms with Crippen molar-refractivity contribution < 1.29 is 27.5 Å². The van der Waals surface area contributed by atoms with Gasteiger partial charge in [-0.2, -0.15) is 0 Å². The lowest BCUT2D eigenvalue weighted by molar-refractivity contribution is -0.128. The Morgan fingerprint density at radius 2 is 1.73 bits per heavy atom. The zero-order valence-corrected chi connectivity index (χ0v) is 32.4. The molecular formula is C42H49F3N8O3. The molecule has 11 nitrogen and oxygen atoms in total. The molecule has 0 bridgehead atoms. The molecule has 0 radical (unpaired) electrons. The summed E-state index contributed by atoms with van der Waals surface area (Å²) in [6.07, 6.45) is 7.77. The standard InChI is InChI=1S/C42H49F3N8O3/c1-24(2)52-23-47-32-19-30(48-36(34(32)52)49-31-18-28(25(3)16-29(31)43)37(54)50-42(8-9-42)38(44)45)26-17-33-35(46-22-26)41(10-14-56-15-11-41)39(55)53(33)27-20-40(4,21-27)51-12-6-5-7-13-51/h16-19,22-24,27,38H,5-15,20-21H2,1-4H3,(H,48,49)(H,50,54). The molecule has 2 amide bonds. The molecule has 4 aromatic rings. The van der Waals surface area contributed by atoms with Crippen LogP contribution in [0.3, 0.4) is 0 Å². The average Bonchev–Trinajstić information content (AvgIpc) is 3.77. The molecule has 9 rings (SSSR count). The van der Waals surface area contributed by atoms with Crippen molar-refractivity contribution in [3.63, 3.8) is 0 Å². The van der Waals surface area contributed by atoms with Gasteiger partial charge in [-0.05, 0) is 122 Å². The number of aryl methyl sites for hydroxylation is 1. The number of nitrogens with zero attached hydrogens (tertiary/aromatic N) is 6. The highest BCUT2D eigenvalue weighted by Crippen LogP contribution is 2.53. The van der Waals surface area contributed by atoms with E-state index in [1.807, 2.05) is 35.4 Å². The number of hydrogen-bond donors (Lipinski definition) is 2. The molecule has 296 valence electrons. The van der Waals surface area contributed by atoms with E-state index in [1.165, 1.54) is 31.4 Å². The van der Waals surface area contributed by atoms with E-state index in [4.69, 9.17) is 19.7 Å². The van der Waals surface area contributed by atoms with Crippen molar-refractivity contribution in [2.75, 3.05) is 36.5 Å². The summed E-state index contributed by atoms with van der Waals surface area (Å²) in [7, 11) is 0. The van der Waals surface area contributed by atoms with Crippen molar-refractivity contribution in [2.24, 2.45) is 0 Å². The van der Waals surface area contributed by atoms with Crippen LogP contribution in [0.25, 0.3) is 22.3 Å². The molecule has 4 fully saturated rings. The Labute approximate surface area is 324 Å². The predicted molar refractivity (Wildman–Crippen MR) is 207 cm³/mol. The van der Waals surface area contributed by atoms with Crippen molar-refractivity contribution in [3.8, 4) is 11.3 Å². The summed E-state index contributed by atoms with van der Waals surface area (Å²) in [5.74, 6) is -0.911. The zero-order chi connectivity index (χ0) is 39.1. The third kappa shape index (κ3) is 5.97. The smallest absolute Gasteiger partial charge is 0.261 e. The largest absolute Gasteiger partial charge is 0.381 e. The van der Waals surface area contributed by atoms with Gasteiger partial charge >= 0.3 is 0 Å². The number of anilines is 3. The van der Waals surface area contributed by atoms with Gasteiger partial charge in [-0.3, -0.25) is 19.5 Å². The van der Waals surface area contributed by atoms with E-state index in [0.717, 1.165) is 37.3 Å². The summed E-state index contributed by atoms with van der Waals surface area (Å²) < 4.78 is 50.8. The molecule has 2 saturated heterocycles. The lowest BCUT2D eigenvalue weighted by Crippen LogP contribution is -2.64. The van der Waals surface area contributed by atoms with Crippen LogP contribution in [0.4, 0.5) is 30.4 Å². The minimum absolute atomic E-state index is 0.0172. The fraction of sp³-hybridized carbons (Fsp3) is 0.548. The molecule has 14 heteroatoms. The third-order valence-electron chi connectivity index (χ3n) is 13.2. The number of hydrogen-bond acceptors (Lipinski definition) is 8. The number of fused-ring (bicyclic) bond motifs is 3. The van der Waals surface area contributed by atoms with E-state index in [-0.39, 0.29) is 47.6 Å². The molecular weight excluding hydrogens is 722 g/mol. The number of nitrogens with one attached hydrogen (secondary N) is 2. The number of benzene rings is 1. The van der Waals surface area contributed by atoms with Crippen LogP contribution in [0.5, 0.6) is 0 Å². The van der Waals surface area contributed by atoms with Crippen molar-refractivity contribution in [1.82, 2.24) is 29.7 Å². The van der Waals surface area contributed by atoms with Gasteiger partial charge in [0.1, 0.15) is 16.9 Å². The number of amides is 2. The van der Waals surface area contributed by atoms with E-state index in [0.29, 0.717) is 59.7 Å². The van der Waals surface area contributed by atoms with Crippen LogP contribution >= 0.6 is 0 Å². The van der Waals surface area contributed by atoms with Gasteiger partial charge in [0.25, 0.3) is 12.3 Å². The van der Waals surface area contributed by atoms with Crippen LogP contribution < -0.4 is 15.5 Å². The number of carbonyl (C=O) groups excluding carboxylic acids is 2. The SMILES string of the molecule is Cc1cc(F)c(Nc2nc(-c3cnc4c(c3)N(C3CC(C)(N5CCCCC5)C3)C(=O)C43CCOCC3)cc3ncn(C(C)C)c23)cc1C(=O)NC1(C(F)F)CC1. The maximum absolute atomic E-state index is 15.7. The molecule has 3 aromatic heterocycles. The van der Waals surface area contributed by atoms with Gasteiger partial charge in [-0.25, -0.2) is 23.1 Å². The summed E-state index contributed by atoms with van der Waals surface area (Å²) in [6.45, 7) is 11.1. The van der Waals surface area contributed by atoms with Crippen LogP contribution in [0.2, 0.25) is 0 Å². The van der Waals surface area contributed by atoms with Crippen LogP contribution in [0.15, 0.2) is 36.8 Å². The molecule has 5 aliphatic rings. The monoisotopic (exact) mass is 770 g/mol. The number of aromatic nitrogens is 4. The first-order valence-electron chi connectivity index (χ1n) is 20.1. The number of piperidine rings is 1. The van der Waals surface area contributed by atoms with Gasteiger partial charge in [0.05, 0.1) is 40.0 Å². The second-order valence-electron chi connectivity index (χ2n) is 17.2. The Kier molecular flexibility index (Phi) is 8.95. The average molecular weight is 771 g/mol. The molecule has 2 aliphatic carbocycles. The van der Waals surface area contributed by atoms with Gasteiger partial charge in [-0.1, -0.05) is 6.42 Å². The molecule has 56 heavy (non-hydrogen) atoms. The minimum Gasteiger partial charge on any atom is -0.381 e. The Morgan fingerprint density at radius 1 is 1.00 bits per heavy atom. The molecule has 2 saturated carbocycles. The summed E-state index contributed by atoms with van der Waals surface area (Å²) in [5.41, 5.74) is 2.19. The number of likely N-dealkylation sites (tertiary alicyclic amines) is 1. The number of rotatable bonds is 9. The first kappa shape index (κ1) is 37.0. The number of imidazole rings is 1. The number of ether oxygens (including phenoxy) is 1. The lowest BCUT2D eigenvalue weighted by atomic mass is 9.71. The third-order valence-corrected chi connectivity index (χ3v) is 13.2. The van der Waals surface area contributed by atoms with E-state index >= 15 is 4.39 Å². The molecule has 1 aromatic carbocycles. The first-order chi connectivity index (χ1) is 26.8. The summed E-state index contributed by atoms with van der Waals surface area (Å²) in [4.78, 5) is 47.3. The minimum atomic E-state index is -2.70. The fourth-order valence-electron chi connectivity index (χ4n) is 9.60. The molecule has 6 heterocycles. The van der Waals surface area contributed by atoms with Gasteiger partial charge < -0.3 is 24.8 Å². The highest BCUT2D eigenvalue weighted by Gasteiger charge is 2.58. The summed E-state index contributed by atoms with van der Waals surface area (Å²) in [6, 6.07) is 6.49. The van der Waals surface area contributed by atoms with Gasteiger partial charge in [0, 0.05) is 48.2 Å². The number of alkyl halides is 2. The first-order valence-corrected chi connectivity index (χ1v) is 20.1. The Hall–Kier alpha value is -4.56. The van der Waals surface area contributed by atoms with Crippen LogP contribution in [-0.4, -0.2) is 86.1 Å². The second kappa shape index (κ2) is 13.5. The molecule has 2 N–H and O–H groups in total. The maximum atomic E-state index is 15.7. The summed E-state index contributed by atoms with van der Waals surface area (Å²) in [5, 5.41) is 5.63.